The van der Waals surface area contributed by atoms with Crippen LogP contribution in [0.25, 0.3) is 10.9 Å². The van der Waals surface area contributed by atoms with Crippen LogP contribution in [-0.4, -0.2) is 22.2 Å². The molecule has 0 aliphatic carbocycles. The van der Waals surface area contributed by atoms with Crippen molar-refractivity contribution in [2.24, 2.45) is 5.73 Å². The number of hydrogen-bond acceptors (Lipinski definition) is 5. The predicted octanol–water partition coefficient (Wildman–Crippen LogP) is 2.85. The molecule has 3 aromatic rings. The average Bonchev–Trinajstić information content (AvgIpc) is 2.61. The quantitative estimate of drug-likeness (QED) is 0.723. The first kappa shape index (κ1) is 16.9. The first-order chi connectivity index (χ1) is 11.2. The molecule has 0 spiro atoms. The Morgan fingerprint density at radius 3 is 2.65 bits per heavy atom. The second-order valence-electron chi connectivity index (χ2n) is 4.59. The van der Waals surface area contributed by atoms with E-state index < -0.39 is 0 Å². The molecule has 2 heterocycles. The highest BCUT2D eigenvalue weighted by molar-refractivity contribution is 7.97. The predicted molar refractivity (Wildman–Crippen MR) is 93.7 cm³/mol. The first-order valence-electron chi connectivity index (χ1n) is 6.91. The maximum atomic E-state index is 10.9. The molecule has 0 amide bonds. The van der Waals surface area contributed by atoms with Crippen LogP contribution in [0.2, 0.25) is 0 Å². The zero-order chi connectivity index (χ0) is 16.7. The maximum absolute atomic E-state index is 10.9. The van der Waals surface area contributed by atoms with Gasteiger partial charge in [0.1, 0.15) is 11.4 Å². The normalized spacial score (nSPS) is 9.87. The minimum absolute atomic E-state index is 0.321. The van der Waals surface area contributed by atoms with Gasteiger partial charge in [0.25, 0.3) is 0 Å². The van der Waals surface area contributed by atoms with Crippen LogP contribution in [0.1, 0.15) is 16.1 Å². The number of thiol groups is 1. The van der Waals surface area contributed by atoms with Gasteiger partial charge in [-0.15, -0.1) is 0 Å². The van der Waals surface area contributed by atoms with Gasteiger partial charge in [0.15, 0.2) is 0 Å². The lowest BCUT2D eigenvalue weighted by Gasteiger charge is -2.03. The van der Waals surface area contributed by atoms with Crippen molar-refractivity contribution in [3.63, 3.8) is 0 Å². The molecule has 0 unspecified atom stereocenters. The number of nitrogens with two attached hydrogens (primary N) is 1. The molecule has 0 aliphatic rings. The van der Waals surface area contributed by atoms with E-state index in [4.69, 9.17) is 10.5 Å². The van der Waals surface area contributed by atoms with Gasteiger partial charge in [-0.25, -0.2) is 4.98 Å². The average molecular weight is 327 g/mol. The number of ether oxygens (including phenoxy) is 1. The lowest BCUT2D eigenvalue weighted by atomic mass is 10.2. The van der Waals surface area contributed by atoms with E-state index in [0.717, 1.165) is 22.2 Å². The van der Waals surface area contributed by atoms with E-state index in [2.05, 4.69) is 22.6 Å². The summed E-state index contributed by atoms with van der Waals surface area (Å²) in [5.74, 6) is 0.866. The van der Waals surface area contributed by atoms with Gasteiger partial charge < -0.3 is 10.5 Å². The van der Waals surface area contributed by atoms with Crippen molar-refractivity contribution in [1.82, 2.24) is 9.97 Å². The number of hydrogen-bond donors (Lipinski definition) is 2. The Kier molecular flexibility index (Phi) is 6.08. The third kappa shape index (κ3) is 4.51. The number of benzene rings is 1. The standard InChI is InChI=1S/C9H6N2OS.C8H11NO/c12-9(13)8-2-1-6-5-10-4-3-7(6)11-8;1-10-8-5-3-2-4-7(8)6-9/h1-5H,(H,12,13);2-5H,6,9H2,1H3. The van der Waals surface area contributed by atoms with Crippen LogP contribution in [0.5, 0.6) is 5.75 Å². The molecule has 0 bridgehead atoms. The van der Waals surface area contributed by atoms with Crippen molar-refractivity contribution in [2.45, 2.75) is 6.54 Å². The minimum Gasteiger partial charge on any atom is -0.496 e. The summed E-state index contributed by atoms with van der Waals surface area (Å²) in [5.41, 5.74) is 7.61. The molecule has 0 saturated heterocycles. The Hall–Kier alpha value is -2.44. The molecule has 0 radical (unpaired) electrons. The van der Waals surface area contributed by atoms with Crippen LogP contribution in [-0.2, 0) is 6.54 Å². The van der Waals surface area contributed by atoms with E-state index in [1.807, 2.05) is 24.3 Å². The molecule has 1 aromatic carbocycles. The highest BCUT2D eigenvalue weighted by atomic mass is 32.1. The molecule has 23 heavy (non-hydrogen) atoms. The van der Waals surface area contributed by atoms with Gasteiger partial charge in [-0.1, -0.05) is 30.8 Å². The molecule has 6 heteroatoms. The Balaban J connectivity index is 0.000000174. The van der Waals surface area contributed by atoms with Gasteiger partial charge in [-0.05, 0) is 24.3 Å². The number of para-hydroxylation sites is 1. The third-order valence-electron chi connectivity index (χ3n) is 3.12. The van der Waals surface area contributed by atoms with Gasteiger partial charge in [0.2, 0.25) is 5.12 Å². The summed E-state index contributed by atoms with van der Waals surface area (Å²) in [6, 6.07) is 12.9. The second kappa shape index (κ2) is 8.26. The number of carbonyl (C=O) groups is 1. The number of aromatic nitrogens is 2. The Morgan fingerprint density at radius 2 is 2.00 bits per heavy atom. The molecular formula is C17H17N3O2S. The zero-order valence-corrected chi connectivity index (χ0v) is 13.5. The third-order valence-corrected chi connectivity index (χ3v) is 3.35. The molecule has 0 fully saturated rings. The number of rotatable bonds is 3. The van der Waals surface area contributed by atoms with Crippen LogP contribution in [0.3, 0.4) is 0 Å². The molecule has 3 rings (SSSR count). The van der Waals surface area contributed by atoms with Gasteiger partial charge in [-0.3, -0.25) is 9.78 Å². The lowest BCUT2D eigenvalue weighted by molar-refractivity contribution is 0.108. The van der Waals surface area contributed by atoms with Crippen LogP contribution in [0.15, 0.2) is 54.9 Å². The molecule has 2 N–H and O–H groups in total. The fraction of sp³-hybridized carbons (Fsp3) is 0.118. The van der Waals surface area contributed by atoms with Gasteiger partial charge in [0.05, 0.1) is 12.6 Å². The highest BCUT2D eigenvalue weighted by Crippen LogP contribution is 2.15. The zero-order valence-electron chi connectivity index (χ0n) is 12.6. The van der Waals surface area contributed by atoms with E-state index in [-0.39, 0.29) is 5.12 Å². The SMILES string of the molecule is COc1ccccc1CN.O=C(S)c1ccc2cnccc2n1. The second-order valence-corrected chi connectivity index (χ2v) is 4.99. The number of carbonyl (C=O) groups excluding carboxylic acids is 1. The summed E-state index contributed by atoms with van der Waals surface area (Å²) >= 11 is 3.70. The van der Waals surface area contributed by atoms with Crippen molar-refractivity contribution in [2.75, 3.05) is 7.11 Å². The summed E-state index contributed by atoms with van der Waals surface area (Å²) in [6.45, 7) is 0.532. The Bertz CT molecular complexity index is 785. The monoisotopic (exact) mass is 327 g/mol. The summed E-state index contributed by atoms with van der Waals surface area (Å²) in [5, 5.41) is 0.597. The smallest absolute Gasteiger partial charge is 0.234 e. The maximum Gasteiger partial charge on any atom is 0.234 e. The Morgan fingerprint density at radius 1 is 1.22 bits per heavy atom. The van der Waals surface area contributed by atoms with E-state index in [9.17, 15) is 4.79 Å². The van der Waals surface area contributed by atoms with Crippen LogP contribution in [0, 0.1) is 0 Å². The number of fused-ring (bicyclic) bond motifs is 1. The van der Waals surface area contributed by atoms with Crippen molar-refractivity contribution >= 4 is 28.6 Å². The van der Waals surface area contributed by atoms with Gasteiger partial charge in [-0.2, -0.15) is 0 Å². The summed E-state index contributed by atoms with van der Waals surface area (Å²) < 4.78 is 5.06. The van der Waals surface area contributed by atoms with Crippen LogP contribution < -0.4 is 10.5 Å². The minimum atomic E-state index is -0.321. The van der Waals surface area contributed by atoms with Crippen molar-refractivity contribution < 1.29 is 9.53 Å². The molecule has 118 valence electrons. The Labute approximate surface area is 139 Å². The topological polar surface area (TPSA) is 78.1 Å². The van der Waals surface area contributed by atoms with Crippen LogP contribution in [0.4, 0.5) is 0 Å². The fourth-order valence-corrected chi connectivity index (χ4v) is 2.08. The van der Waals surface area contributed by atoms with E-state index in [1.165, 1.54) is 0 Å². The number of pyridine rings is 2. The van der Waals surface area contributed by atoms with Crippen molar-refractivity contribution in [3.8, 4) is 5.75 Å². The summed E-state index contributed by atoms with van der Waals surface area (Å²) in [6.07, 6.45) is 3.34. The number of methoxy groups -OCH3 is 1. The largest absolute Gasteiger partial charge is 0.496 e. The lowest BCUT2D eigenvalue weighted by Crippen LogP contribution is -1.98. The molecule has 0 aliphatic heterocycles. The molecule has 0 saturated carbocycles. The highest BCUT2D eigenvalue weighted by Gasteiger charge is 2.02. The first-order valence-corrected chi connectivity index (χ1v) is 7.36. The summed E-state index contributed by atoms with van der Waals surface area (Å²) in [7, 11) is 1.65. The molecule has 2 aromatic heterocycles. The van der Waals surface area contributed by atoms with E-state index in [1.54, 1.807) is 37.7 Å². The fourth-order valence-electron chi connectivity index (χ4n) is 1.96. The van der Waals surface area contributed by atoms with Gasteiger partial charge in [0, 0.05) is 29.9 Å². The molecular weight excluding hydrogens is 310 g/mol. The van der Waals surface area contributed by atoms with E-state index >= 15 is 0 Å². The number of nitrogens with zero attached hydrogens (tertiary/aromatic N) is 2. The van der Waals surface area contributed by atoms with Crippen LogP contribution >= 0.6 is 12.6 Å². The van der Waals surface area contributed by atoms with Crippen molar-refractivity contribution in [1.29, 1.82) is 0 Å². The molecule has 0 atom stereocenters. The van der Waals surface area contributed by atoms with Gasteiger partial charge >= 0.3 is 0 Å². The molecule has 5 nitrogen and oxygen atoms in total. The van der Waals surface area contributed by atoms with Crippen molar-refractivity contribution in [3.05, 3.63) is 66.1 Å². The van der Waals surface area contributed by atoms with E-state index in [0.29, 0.717) is 12.2 Å². The summed E-state index contributed by atoms with van der Waals surface area (Å²) in [4.78, 5) is 18.9.